The number of hydrogen-bond acceptors (Lipinski definition) is 6. The molecule has 0 aliphatic carbocycles. The summed E-state index contributed by atoms with van der Waals surface area (Å²) in [6.07, 6.45) is 1.05. The Kier molecular flexibility index (Phi) is 5.75. The Labute approximate surface area is 138 Å². The molecular weight excluding hydrogens is 294 g/mol. The van der Waals surface area contributed by atoms with Gasteiger partial charge in [0.15, 0.2) is 5.82 Å². The highest BCUT2D eigenvalue weighted by Gasteiger charge is 2.32. The molecule has 2 heterocycles. The molecule has 0 bridgehead atoms. The maximum Gasteiger partial charge on any atom is 0.239 e. The third kappa shape index (κ3) is 4.29. The van der Waals surface area contributed by atoms with Crippen LogP contribution in [0.2, 0.25) is 0 Å². The van der Waals surface area contributed by atoms with Crippen LogP contribution in [-0.4, -0.2) is 77.1 Å². The standard InChI is InChI=1S/C16H29N5O2/c1-11(2)15-17-14(18-23-15)10-20(6)13-7-8-21(9-13)12(3)16(22)19(4)5/h11-13H,7-10H2,1-6H3/t12-,13-/m1/s1. The van der Waals surface area contributed by atoms with Crippen molar-refractivity contribution in [1.29, 1.82) is 0 Å². The van der Waals surface area contributed by atoms with E-state index in [2.05, 4.69) is 27.0 Å². The molecule has 0 aromatic carbocycles. The van der Waals surface area contributed by atoms with Gasteiger partial charge in [-0.05, 0) is 20.4 Å². The molecule has 2 rings (SSSR count). The van der Waals surface area contributed by atoms with E-state index >= 15 is 0 Å². The van der Waals surface area contributed by atoms with Crippen LogP contribution in [0.4, 0.5) is 0 Å². The van der Waals surface area contributed by atoms with Crippen molar-refractivity contribution in [3.05, 3.63) is 11.7 Å². The van der Waals surface area contributed by atoms with Gasteiger partial charge in [0.1, 0.15) is 0 Å². The Bertz CT molecular complexity index is 528. The van der Waals surface area contributed by atoms with Crippen molar-refractivity contribution in [1.82, 2.24) is 24.8 Å². The Morgan fingerprint density at radius 1 is 1.35 bits per heavy atom. The van der Waals surface area contributed by atoms with Crippen LogP contribution < -0.4 is 0 Å². The van der Waals surface area contributed by atoms with Crippen LogP contribution in [0.3, 0.4) is 0 Å². The molecule has 1 aromatic rings. The molecular formula is C16H29N5O2. The number of aromatic nitrogens is 2. The molecule has 1 amide bonds. The third-order valence-electron chi connectivity index (χ3n) is 4.53. The molecule has 0 unspecified atom stereocenters. The maximum atomic E-state index is 12.1. The first-order chi connectivity index (χ1) is 10.8. The first-order valence-corrected chi connectivity index (χ1v) is 8.27. The van der Waals surface area contributed by atoms with Crippen LogP contribution in [0, 0.1) is 0 Å². The van der Waals surface area contributed by atoms with E-state index in [9.17, 15) is 4.79 Å². The van der Waals surface area contributed by atoms with Crippen LogP contribution in [-0.2, 0) is 11.3 Å². The number of amides is 1. The normalized spacial score (nSPS) is 20.4. The second-order valence-electron chi connectivity index (χ2n) is 6.96. The van der Waals surface area contributed by atoms with Gasteiger partial charge in [0, 0.05) is 39.1 Å². The fraction of sp³-hybridized carbons (Fsp3) is 0.812. The van der Waals surface area contributed by atoms with Crippen LogP contribution in [0.15, 0.2) is 4.52 Å². The van der Waals surface area contributed by atoms with E-state index in [0.717, 1.165) is 25.3 Å². The Morgan fingerprint density at radius 3 is 2.61 bits per heavy atom. The molecule has 1 aromatic heterocycles. The number of likely N-dealkylation sites (N-methyl/N-ethyl adjacent to an activating group) is 2. The molecule has 0 spiro atoms. The highest BCUT2D eigenvalue weighted by Crippen LogP contribution is 2.19. The SMILES string of the molecule is CC(C)c1nc(CN(C)[C@@H]2CCN([C@H](C)C(=O)N(C)C)C2)no1. The van der Waals surface area contributed by atoms with Crippen molar-refractivity contribution >= 4 is 5.91 Å². The predicted molar refractivity (Wildman–Crippen MR) is 88.0 cm³/mol. The topological polar surface area (TPSA) is 65.7 Å². The Hall–Kier alpha value is -1.47. The van der Waals surface area contributed by atoms with Crippen LogP contribution >= 0.6 is 0 Å². The van der Waals surface area contributed by atoms with Crippen LogP contribution in [0.5, 0.6) is 0 Å². The monoisotopic (exact) mass is 323 g/mol. The predicted octanol–water partition coefficient (Wildman–Crippen LogP) is 1.18. The largest absolute Gasteiger partial charge is 0.347 e. The van der Waals surface area contributed by atoms with Gasteiger partial charge in [-0.2, -0.15) is 4.98 Å². The molecule has 1 saturated heterocycles. The molecule has 7 heteroatoms. The average Bonchev–Trinajstić information content (AvgIpc) is 3.14. The van der Waals surface area contributed by atoms with Gasteiger partial charge < -0.3 is 9.42 Å². The first kappa shape index (κ1) is 17.9. The third-order valence-corrected chi connectivity index (χ3v) is 4.53. The summed E-state index contributed by atoms with van der Waals surface area (Å²) in [5, 5.41) is 4.05. The lowest BCUT2D eigenvalue weighted by molar-refractivity contribution is -0.133. The summed E-state index contributed by atoms with van der Waals surface area (Å²) in [7, 11) is 5.69. The molecule has 23 heavy (non-hydrogen) atoms. The van der Waals surface area contributed by atoms with E-state index < -0.39 is 0 Å². The van der Waals surface area contributed by atoms with Gasteiger partial charge in [-0.1, -0.05) is 19.0 Å². The van der Waals surface area contributed by atoms with Crippen molar-refractivity contribution in [2.24, 2.45) is 0 Å². The lowest BCUT2D eigenvalue weighted by Crippen LogP contribution is -2.45. The lowest BCUT2D eigenvalue weighted by Gasteiger charge is -2.27. The minimum atomic E-state index is -0.0684. The fourth-order valence-electron chi connectivity index (χ4n) is 2.93. The Balaban J connectivity index is 1.89. The van der Waals surface area contributed by atoms with E-state index in [0.29, 0.717) is 18.5 Å². The van der Waals surface area contributed by atoms with Gasteiger partial charge >= 0.3 is 0 Å². The van der Waals surface area contributed by atoms with Crippen molar-refractivity contribution in [3.8, 4) is 0 Å². The van der Waals surface area contributed by atoms with Gasteiger partial charge in [-0.15, -0.1) is 0 Å². The summed E-state index contributed by atoms with van der Waals surface area (Å²) in [5.41, 5.74) is 0. The zero-order chi connectivity index (χ0) is 17.1. The van der Waals surface area contributed by atoms with Gasteiger partial charge in [0.25, 0.3) is 0 Å². The van der Waals surface area contributed by atoms with Crippen molar-refractivity contribution < 1.29 is 9.32 Å². The van der Waals surface area contributed by atoms with Crippen LogP contribution in [0.25, 0.3) is 0 Å². The lowest BCUT2D eigenvalue weighted by atomic mass is 10.2. The molecule has 1 aliphatic heterocycles. The number of carbonyl (C=O) groups is 1. The molecule has 1 fully saturated rings. The smallest absolute Gasteiger partial charge is 0.239 e. The number of hydrogen-bond donors (Lipinski definition) is 0. The minimum absolute atomic E-state index is 0.0684. The number of carbonyl (C=O) groups excluding carboxylic acids is 1. The van der Waals surface area contributed by atoms with Crippen molar-refractivity contribution in [2.75, 3.05) is 34.2 Å². The molecule has 130 valence electrons. The Morgan fingerprint density at radius 2 is 2.04 bits per heavy atom. The summed E-state index contributed by atoms with van der Waals surface area (Å²) < 4.78 is 5.26. The van der Waals surface area contributed by atoms with E-state index in [1.165, 1.54) is 0 Å². The molecule has 0 saturated carbocycles. The fourth-order valence-corrected chi connectivity index (χ4v) is 2.93. The van der Waals surface area contributed by atoms with Crippen molar-refractivity contribution in [2.45, 2.75) is 51.7 Å². The van der Waals surface area contributed by atoms with Gasteiger partial charge in [-0.25, -0.2) is 0 Å². The zero-order valence-electron chi connectivity index (χ0n) is 15.1. The molecule has 0 N–H and O–H groups in total. The molecule has 0 radical (unpaired) electrons. The summed E-state index contributed by atoms with van der Waals surface area (Å²) in [6, 6.07) is 0.342. The summed E-state index contributed by atoms with van der Waals surface area (Å²) >= 11 is 0. The van der Waals surface area contributed by atoms with Gasteiger partial charge in [-0.3, -0.25) is 14.6 Å². The van der Waals surface area contributed by atoms with Gasteiger partial charge in [0.2, 0.25) is 11.8 Å². The van der Waals surface area contributed by atoms with E-state index in [1.54, 1.807) is 19.0 Å². The van der Waals surface area contributed by atoms with Crippen LogP contribution in [0.1, 0.15) is 44.8 Å². The zero-order valence-corrected chi connectivity index (χ0v) is 15.1. The molecule has 1 aliphatic rings. The number of likely N-dealkylation sites (tertiary alicyclic amines) is 1. The summed E-state index contributed by atoms with van der Waals surface area (Å²) in [5.74, 6) is 1.83. The highest BCUT2D eigenvalue weighted by atomic mass is 16.5. The van der Waals surface area contributed by atoms with Crippen molar-refractivity contribution in [3.63, 3.8) is 0 Å². The number of rotatable bonds is 6. The highest BCUT2D eigenvalue weighted by molar-refractivity contribution is 5.80. The second kappa shape index (κ2) is 7.40. The van der Waals surface area contributed by atoms with E-state index in [-0.39, 0.29) is 17.9 Å². The molecule has 2 atom stereocenters. The maximum absolute atomic E-state index is 12.1. The first-order valence-electron chi connectivity index (χ1n) is 8.27. The van der Waals surface area contributed by atoms with Gasteiger partial charge in [0.05, 0.1) is 12.6 Å². The van der Waals surface area contributed by atoms with E-state index in [4.69, 9.17) is 4.52 Å². The minimum Gasteiger partial charge on any atom is -0.347 e. The van der Waals surface area contributed by atoms with E-state index in [1.807, 2.05) is 20.8 Å². The summed E-state index contributed by atoms with van der Waals surface area (Å²) in [6.45, 7) is 8.58. The quantitative estimate of drug-likeness (QED) is 0.783. The average molecular weight is 323 g/mol. The second-order valence-corrected chi connectivity index (χ2v) is 6.96. The number of nitrogens with zero attached hydrogens (tertiary/aromatic N) is 5. The molecule has 7 nitrogen and oxygen atoms in total. The summed E-state index contributed by atoms with van der Waals surface area (Å²) in [4.78, 5) is 22.7.